The largest absolute Gasteiger partial charge is 1.00 e. The van der Waals surface area contributed by atoms with Crippen molar-refractivity contribution in [3.63, 3.8) is 0 Å². The number of rotatable bonds is 4. The molecule has 0 saturated carbocycles. The van der Waals surface area contributed by atoms with Crippen molar-refractivity contribution in [3.05, 3.63) is 83.4 Å². The Morgan fingerprint density at radius 2 is 1.68 bits per heavy atom. The summed E-state index contributed by atoms with van der Waals surface area (Å²) in [6.45, 7) is 6.32. The van der Waals surface area contributed by atoms with Crippen LogP contribution in [0.5, 0.6) is 0 Å². The zero-order valence-corrected chi connectivity index (χ0v) is 15.6. The minimum absolute atomic E-state index is 0. The van der Waals surface area contributed by atoms with Gasteiger partial charge in [0.2, 0.25) is 0 Å². The maximum Gasteiger partial charge on any atom is 0.314 e. The van der Waals surface area contributed by atoms with Gasteiger partial charge in [0.25, 0.3) is 6.33 Å². The molecule has 4 heteroatoms. The van der Waals surface area contributed by atoms with Crippen LogP contribution < -0.4 is 17.0 Å². The molecule has 1 aromatic heterocycles. The number of benzene rings is 2. The molecule has 0 spiro atoms. The quantitative estimate of drug-likeness (QED) is 0.641. The maximum absolute atomic E-state index is 12.4. The average molecular weight is 355 g/mol. The number of imidazole rings is 1. The smallest absolute Gasteiger partial charge is 0.314 e. The van der Waals surface area contributed by atoms with Gasteiger partial charge in [-0.3, -0.25) is 0 Å². The number of carbonyl (C=O) groups is 1. The van der Waals surface area contributed by atoms with Crippen LogP contribution in [0.25, 0.3) is 5.69 Å². The van der Waals surface area contributed by atoms with Gasteiger partial charge < -0.3 is 12.4 Å². The van der Waals surface area contributed by atoms with Gasteiger partial charge in [-0.1, -0.05) is 48.0 Å². The molecule has 0 aliphatic heterocycles. The van der Waals surface area contributed by atoms with E-state index in [0.717, 1.165) is 12.1 Å². The summed E-state index contributed by atoms with van der Waals surface area (Å²) in [5.41, 5.74) is 6.03. The maximum atomic E-state index is 12.4. The molecule has 0 fully saturated rings. The molecule has 3 rings (SSSR count). The summed E-state index contributed by atoms with van der Waals surface area (Å²) in [5.74, 6) is 0.111. The van der Waals surface area contributed by atoms with Gasteiger partial charge in [-0.2, -0.15) is 4.57 Å². The Morgan fingerprint density at radius 1 is 1.04 bits per heavy atom. The second kappa shape index (κ2) is 8.13. The van der Waals surface area contributed by atoms with Gasteiger partial charge in [-0.25, -0.2) is 9.36 Å². The molecule has 0 aliphatic carbocycles. The third-order valence-corrected chi connectivity index (χ3v) is 4.29. The zero-order valence-electron chi connectivity index (χ0n) is 14.9. The van der Waals surface area contributed by atoms with E-state index in [4.69, 9.17) is 0 Å². The lowest BCUT2D eigenvalue weighted by atomic mass is 10.1. The molecule has 130 valence electrons. The molecule has 3 nitrogen and oxygen atoms in total. The second-order valence-corrected chi connectivity index (χ2v) is 6.35. The van der Waals surface area contributed by atoms with Gasteiger partial charge >= 0.3 is 5.91 Å². The summed E-state index contributed by atoms with van der Waals surface area (Å²) >= 11 is 0. The van der Waals surface area contributed by atoms with Gasteiger partial charge in [0.1, 0.15) is 18.1 Å². The first kappa shape index (κ1) is 18.9. The van der Waals surface area contributed by atoms with E-state index in [1.165, 1.54) is 22.3 Å². The van der Waals surface area contributed by atoms with Crippen LogP contribution in [-0.2, 0) is 6.42 Å². The third-order valence-electron chi connectivity index (χ3n) is 4.29. The van der Waals surface area contributed by atoms with Crippen molar-refractivity contribution in [1.82, 2.24) is 4.57 Å². The van der Waals surface area contributed by atoms with Crippen LogP contribution in [0.2, 0.25) is 0 Å². The van der Waals surface area contributed by atoms with E-state index < -0.39 is 0 Å². The van der Waals surface area contributed by atoms with Crippen LogP contribution >= 0.6 is 0 Å². The normalized spacial score (nSPS) is 10.4. The number of halogens is 1. The number of hydrogen-bond donors (Lipinski definition) is 0. The van der Waals surface area contributed by atoms with Gasteiger partial charge in [0.05, 0.1) is 6.42 Å². The highest BCUT2D eigenvalue weighted by molar-refractivity contribution is 5.67. The molecule has 2 aromatic carbocycles. The van der Waals surface area contributed by atoms with Crippen molar-refractivity contribution >= 4 is 5.91 Å². The standard InChI is InChI=1S/C21H23N2O.ClH/c1-16-13-17(2)21(18(3)14-16)23-12-11-22(15-23)20(24)10-9-19-7-5-4-6-8-19;/h4-8,11-15H,9-10H2,1-3H3;1H/q+1;/p-1. The molecule has 0 N–H and O–H groups in total. The highest BCUT2D eigenvalue weighted by Gasteiger charge is 2.16. The summed E-state index contributed by atoms with van der Waals surface area (Å²) < 4.78 is 3.71. The summed E-state index contributed by atoms with van der Waals surface area (Å²) in [5, 5.41) is 0. The fourth-order valence-electron chi connectivity index (χ4n) is 3.24. The topological polar surface area (TPSA) is 25.9 Å². The average Bonchev–Trinajstić information content (AvgIpc) is 3.02. The predicted molar refractivity (Wildman–Crippen MR) is 95.6 cm³/mol. The van der Waals surface area contributed by atoms with Crippen LogP contribution in [0, 0.1) is 20.8 Å². The van der Waals surface area contributed by atoms with Crippen LogP contribution in [0.15, 0.2) is 61.2 Å². The molecule has 0 radical (unpaired) electrons. The Hall–Kier alpha value is -2.39. The van der Waals surface area contributed by atoms with E-state index in [9.17, 15) is 4.79 Å². The van der Waals surface area contributed by atoms with E-state index in [1.54, 1.807) is 4.57 Å². The molecule has 0 atom stereocenters. The number of aryl methyl sites for hydroxylation is 4. The Bertz CT molecular complexity index is 846. The van der Waals surface area contributed by atoms with Crippen molar-refractivity contribution in [2.45, 2.75) is 33.6 Å². The molecule has 0 aliphatic rings. The monoisotopic (exact) mass is 354 g/mol. The zero-order chi connectivity index (χ0) is 17.1. The van der Waals surface area contributed by atoms with Gasteiger partial charge in [0, 0.05) is 0 Å². The number of carbonyl (C=O) groups excluding carboxylic acids is 1. The van der Waals surface area contributed by atoms with Crippen molar-refractivity contribution < 1.29 is 21.8 Å². The van der Waals surface area contributed by atoms with Crippen LogP contribution in [0.1, 0.15) is 33.5 Å². The van der Waals surface area contributed by atoms with Gasteiger partial charge in [-0.15, -0.1) is 0 Å². The lowest BCUT2D eigenvalue weighted by Crippen LogP contribution is -3.00. The van der Waals surface area contributed by atoms with Crippen molar-refractivity contribution in [2.24, 2.45) is 0 Å². The van der Waals surface area contributed by atoms with E-state index >= 15 is 0 Å². The first-order chi connectivity index (χ1) is 11.5. The molecule has 0 amide bonds. The highest BCUT2D eigenvalue weighted by Crippen LogP contribution is 2.20. The van der Waals surface area contributed by atoms with E-state index in [1.807, 2.05) is 41.5 Å². The minimum Gasteiger partial charge on any atom is -1.00 e. The van der Waals surface area contributed by atoms with Gasteiger partial charge in [-0.05, 0) is 43.9 Å². The fraction of sp³-hybridized carbons (Fsp3) is 0.238. The Morgan fingerprint density at radius 3 is 2.32 bits per heavy atom. The summed E-state index contributed by atoms with van der Waals surface area (Å²) in [7, 11) is 0. The minimum atomic E-state index is 0. The Kier molecular flexibility index (Phi) is 6.16. The lowest BCUT2D eigenvalue weighted by molar-refractivity contribution is -0.573. The number of hydrogen-bond acceptors (Lipinski definition) is 1. The molecule has 1 heterocycles. The summed E-state index contributed by atoms with van der Waals surface area (Å²) in [6, 6.07) is 14.5. The molecule has 0 saturated heterocycles. The van der Waals surface area contributed by atoms with E-state index in [-0.39, 0.29) is 18.3 Å². The molecule has 0 bridgehead atoms. The Balaban J connectivity index is 0.00000225. The Labute approximate surface area is 155 Å². The molecule has 25 heavy (non-hydrogen) atoms. The predicted octanol–water partition coefficient (Wildman–Crippen LogP) is 0.967. The second-order valence-electron chi connectivity index (χ2n) is 6.35. The van der Waals surface area contributed by atoms with Crippen molar-refractivity contribution in [1.29, 1.82) is 0 Å². The van der Waals surface area contributed by atoms with Crippen molar-refractivity contribution in [3.8, 4) is 5.69 Å². The van der Waals surface area contributed by atoms with Crippen LogP contribution in [0.3, 0.4) is 0 Å². The molecular weight excluding hydrogens is 332 g/mol. The van der Waals surface area contributed by atoms with E-state index in [0.29, 0.717) is 6.42 Å². The lowest BCUT2D eigenvalue weighted by Gasteiger charge is -2.06. The molecule has 0 unspecified atom stereocenters. The van der Waals surface area contributed by atoms with Crippen LogP contribution in [-0.4, -0.2) is 10.5 Å². The number of nitrogens with zero attached hydrogens (tertiary/aromatic N) is 2. The first-order valence-electron chi connectivity index (χ1n) is 8.29. The fourth-order valence-corrected chi connectivity index (χ4v) is 3.24. The number of aromatic nitrogens is 2. The van der Waals surface area contributed by atoms with Crippen molar-refractivity contribution in [2.75, 3.05) is 0 Å². The first-order valence-corrected chi connectivity index (χ1v) is 8.29. The summed E-state index contributed by atoms with van der Waals surface area (Å²) in [6.07, 6.45) is 6.93. The van der Waals surface area contributed by atoms with E-state index in [2.05, 4.69) is 45.0 Å². The summed E-state index contributed by atoms with van der Waals surface area (Å²) in [4.78, 5) is 12.4. The molecule has 3 aromatic rings. The highest BCUT2D eigenvalue weighted by atomic mass is 35.5. The van der Waals surface area contributed by atoms with Crippen LogP contribution in [0.4, 0.5) is 0 Å². The SMILES string of the molecule is Cc1cc(C)c(-n2cc[n+](C(=O)CCc3ccccc3)c2)c(C)c1.[Cl-]. The molecular formula is C21H23ClN2O. The third kappa shape index (κ3) is 4.37. The van der Waals surface area contributed by atoms with Gasteiger partial charge in [0.15, 0.2) is 0 Å².